The predicted octanol–water partition coefficient (Wildman–Crippen LogP) is 1.95. The predicted molar refractivity (Wildman–Crippen MR) is 77.0 cm³/mol. The number of hydrogen-bond donors (Lipinski definition) is 2. The van der Waals surface area contributed by atoms with Gasteiger partial charge < -0.3 is 10.1 Å². The van der Waals surface area contributed by atoms with E-state index in [9.17, 15) is 4.79 Å². The molecule has 1 aromatic heterocycles. The van der Waals surface area contributed by atoms with E-state index in [1.165, 1.54) is 0 Å². The van der Waals surface area contributed by atoms with Gasteiger partial charge in [0.1, 0.15) is 11.4 Å². The van der Waals surface area contributed by atoms with E-state index in [0.29, 0.717) is 12.2 Å². The average Bonchev–Trinajstić information content (AvgIpc) is 2.96. The maximum Gasteiger partial charge on any atom is 0.271 e. The van der Waals surface area contributed by atoms with Gasteiger partial charge in [0.25, 0.3) is 5.91 Å². The molecule has 0 saturated carbocycles. The number of ether oxygens (including phenoxy) is 1. The standard InChI is InChI=1S/C15H19N3O2/c1-3-12-10-14(18-17-12)15(19)16-8-7-11-5-4-6-13(9-11)20-2/h4-6,9-10H,3,7-8H2,1-2H3,(H,16,19)(H,17,18). The molecule has 0 aliphatic carbocycles. The number of nitrogens with zero attached hydrogens (tertiary/aromatic N) is 1. The van der Waals surface area contributed by atoms with Crippen molar-refractivity contribution >= 4 is 5.91 Å². The Morgan fingerprint density at radius 2 is 2.25 bits per heavy atom. The lowest BCUT2D eigenvalue weighted by Crippen LogP contribution is -2.26. The molecular formula is C15H19N3O2. The van der Waals surface area contributed by atoms with Gasteiger partial charge in [-0.05, 0) is 36.6 Å². The number of rotatable bonds is 6. The third kappa shape index (κ3) is 3.60. The van der Waals surface area contributed by atoms with Crippen molar-refractivity contribution in [1.29, 1.82) is 0 Å². The van der Waals surface area contributed by atoms with Gasteiger partial charge in [0.05, 0.1) is 7.11 Å². The summed E-state index contributed by atoms with van der Waals surface area (Å²) >= 11 is 0. The monoisotopic (exact) mass is 273 g/mol. The number of aromatic amines is 1. The molecule has 1 aromatic carbocycles. The number of nitrogens with one attached hydrogen (secondary N) is 2. The smallest absolute Gasteiger partial charge is 0.271 e. The molecular weight excluding hydrogens is 254 g/mol. The number of aromatic nitrogens is 2. The Labute approximate surface area is 118 Å². The van der Waals surface area contributed by atoms with Crippen LogP contribution in [-0.2, 0) is 12.8 Å². The Morgan fingerprint density at radius 1 is 1.40 bits per heavy atom. The van der Waals surface area contributed by atoms with Crippen molar-refractivity contribution in [3.63, 3.8) is 0 Å². The molecule has 0 aliphatic rings. The molecule has 5 nitrogen and oxygen atoms in total. The Morgan fingerprint density at radius 3 is 2.95 bits per heavy atom. The molecule has 0 atom stereocenters. The molecule has 0 radical (unpaired) electrons. The van der Waals surface area contributed by atoms with E-state index in [1.807, 2.05) is 31.2 Å². The minimum absolute atomic E-state index is 0.149. The van der Waals surface area contributed by atoms with Crippen LogP contribution in [0.4, 0.5) is 0 Å². The van der Waals surface area contributed by atoms with Gasteiger partial charge in [0, 0.05) is 12.2 Å². The van der Waals surface area contributed by atoms with Crippen LogP contribution in [-0.4, -0.2) is 29.8 Å². The highest BCUT2D eigenvalue weighted by Crippen LogP contribution is 2.12. The first-order chi connectivity index (χ1) is 9.72. The first kappa shape index (κ1) is 14.1. The van der Waals surface area contributed by atoms with Gasteiger partial charge in [-0.2, -0.15) is 5.10 Å². The molecule has 2 aromatic rings. The highest BCUT2D eigenvalue weighted by molar-refractivity contribution is 5.92. The summed E-state index contributed by atoms with van der Waals surface area (Å²) < 4.78 is 5.17. The molecule has 0 bridgehead atoms. The zero-order valence-corrected chi connectivity index (χ0v) is 11.8. The number of carbonyl (C=O) groups excluding carboxylic acids is 1. The zero-order chi connectivity index (χ0) is 14.4. The Hall–Kier alpha value is -2.30. The van der Waals surface area contributed by atoms with E-state index in [0.717, 1.165) is 29.8 Å². The number of hydrogen-bond acceptors (Lipinski definition) is 3. The zero-order valence-electron chi connectivity index (χ0n) is 11.8. The molecule has 0 spiro atoms. The minimum Gasteiger partial charge on any atom is -0.497 e. The molecule has 0 saturated heterocycles. The fraction of sp³-hybridized carbons (Fsp3) is 0.333. The van der Waals surface area contributed by atoms with Crippen molar-refractivity contribution in [1.82, 2.24) is 15.5 Å². The number of methoxy groups -OCH3 is 1. The first-order valence-electron chi connectivity index (χ1n) is 6.68. The minimum atomic E-state index is -0.149. The van der Waals surface area contributed by atoms with E-state index >= 15 is 0 Å². The van der Waals surface area contributed by atoms with Gasteiger partial charge in [-0.25, -0.2) is 0 Å². The van der Waals surface area contributed by atoms with Crippen LogP contribution in [0.25, 0.3) is 0 Å². The van der Waals surface area contributed by atoms with E-state index in [4.69, 9.17) is 4.74 Å². The van der Waals surface area contributed by atoms with Crippen molar-refractivity contribution in [3.05, 3.63) is 47.3 Å². The van der Waals surface area contributed by atoms with E-state index in [2.05, 4.69) is 15.5 Å². The Balaban J connectivity index is 1.84. The highest BCUT2D eigenvalue weighted by atomic mass is 16.5. The highest BCUT2D eigenvalue weighted by Gasteiger charge is 2.09. The van der Waals surface area contributed by atoms with Gasteiger partial charge in [-0.1, -0.05) is 19.1 Å². The molecule has 0 aliphatic heterocycles. The second-order valence-electron chi connectivity index (χ2n) is 4.49. The van der Waals surface area contributed by atoms with Crippen LogP contribution in [0.15, 0.2) is 30.3 Å². The second-order valence-corrected chi connectivity index (χ2v) is 4.49. The topological polar surface area (TPSA) is 67.0 Å². The largest absolute Gasteiger partial charge is 0.497 e. The second kappa shape index (κ2) is 6.75. The van der Waals surface area contributed by atoms with Gasteiger partial charge in [0.2, 0.25) is 0 Å². The van der Waals surface area contributed by atoms with Crippen LogP contribution in [0.5, 0.6) is 5.75 Å². The molecule has 2 rings (SSSR count). The Bertz CT molecular complexity index is 578. The van der Waals surface area contributed by atoms with E-state index in [-0.39, 0.29) is 5.91 Å². The summed E-state index contributed by atoms with van der Waals surface area (Å²) in [5.41, 5.74) is 2.52. The maximum absolute atomic E-state index is 11.9. The lowest BCUT2D eigenvalue weighted by molar-refractivity contribution is 0.0949. The molecule has 20 heavy (non-hydrogen) atoms. The van der Waals surface area contributed by atoms with Crippen molar-refractivity contribution in [2.24, 2.45) is 0 Å². The molecule has 2 N–H and O–H groups in total. The van der Waals surface area contributed by atoms with Gasteiger partial charge >= 0.3 is 0 Å². The Kier molecular flexibility index (Phi) is 4.76. The van der Waals surface area contributed by atoms with Gasteiger partial charge in [-0.15, -0.1) is 0 Å². The number of carbonyl (C=O) groups is 1. The third-order valence-corrected chi connectivity index (χ3v) is 3.08. The molecule has 1 heterocycles. The molecule has 5 heteroatoms. The fourth-order valence-electron chi connectivity index (χ4n) is 1.90. The van der Waals surface area contributed by atoms with Crippen LogP contribution in [0, 0.1) is 0 Å². The lowest BCUT2D eigenvalue weighted by Gasteiger charge is -2.05. The lowest BCUT2D eigenvalue weighted by atomic mass is 10.1. The van der Waals surface area contributed by atoms with Crippen LogP contribution in [0.2, 0.25) is 0 Å². The van der Waals surface area contributed by atoms with E-state index < -0.39 is 0 Å². The van der Waals surface area contributed by atoms with Crippen molar-refractivity contribution in [3.8, 4) is 5.75 Å². The van der Waals surface area contributed by atoms with Crippen LogP contribution < -0.4 is 10.1 Å². The molecule has 1 amide bonds. The van der Waals surface area contributed by atoms with Crippen LogP contribution in [0.3, 0.4) is 0 Å². The molecule has 106 valence electrons. The summed E-state index contributed by atoms with van der Waals surface area (Å²) in [6, 6.07) is 9.60. The normalized spacial score (nSPS) is 10.3. The van der Waals surface area contributed by atoms with Gasteiger partial charge in [-0.3, -0.25) is 9.89 Å². The van der Waals surface area contributed by atoms with Gasteiger partial charge in [0.15, 0.2) is 0 Å². The summed E-state index contributed by atoms with van der Waals surface area (Å²) in [5.74, 6) is 0.678. The molecule has 0 unspecified atom stereocenters. The third-order valence-electron chi connectivity index (χ3n) is 3.08. The summed E-state index contributed by atoms with van der Waals surface area (Å²) in [6.45, 7) is 2.58. The fourth-order valence-corrected chi connectivity index (χ4v) is 1.90. The number of amides is 1. The SMILES string of the molecule is CCc1cc(C(=O)NCCc2cccc(OC)c2)n[nH]1. The number of benzene rings is 1. The summed E-state index contributed by atoms with van der Waals surface area (Å²) in [5, 5.41) is 9.68. The summed E-state index contributed by atoms with van der Waals surface area (Å²) in [4.78, 5) is 11.9. The molecule has 0 fully saturated rings. The quantitative estimate of drug-likeness (QED) is 0.845. The summed E-state index contributed by atoms with van der Waals surface area (Å²) in [6.07, 6.45) is 1.60. The average molecular weight is 273 g/mol. The van der Waals surface area contributed by atoms with E-state index in [1.54, 1.807) is 13.2 Å². The van der Waals surface area contributed by atoms with Crippen LogP contribution >= 0.6 is 0 Å². The summed E-state index contributed by atoms with van der Waals surface area (Å²) in [7, 11) is 1.64. The van der Waals surface area contributed by atoms with Crippen LogP contribution in [0.1, 0.15) is 28.7 Å². The number of H-pyrrole nitrogens is 1. The maximum atomic E-state index is 11.9. The number of aryl methyl sites for hydroxylation is 1. The first-order valence-corrected chi connectivity index (χ1v) is 6.68. The van der Waals surface area contributed by atoms with Crippen molar-refractivity contribution < 1.29 is 9.53 Å². The van der Waals surface area contributed by atoms with Crippen molar-refractivity contribution in [2.45, 2.75) is 19.8 Å². The van der Waals surface area contributed by atoms with Crippen molar-refractivity contribution in [2.75, 3.05) is 13.7 Å².